The van der Waals surface area contributed by atoms with Crippen LogP contribution >= 0.6 is 0 Å². The van der Waals surface area contributed by atoms with Crippen molar-refractivity contribution in [1.82, 2.24) is 0 Å². The fourth-order valence-corrected chi connectivity index (χ4v) is 1.04. The highest BCUT2D eigenvalue weighted by Crippen LogP contribution is 2.36. The second-order valence-electron chi connectivity index (χ2n) is 4.47. The summed E-state index contributed by atoms with van der Waals surface area (Å²) in [6, 6.07) is 0. The molecule has 0 saturated carbocycles. The third-order valence-electron chi connectivity index (χ3n) is 1.49. The third-order valence-corrected chi connectivity index (χ3v) is 1.49. The van der Waals surface area contributed by atoms with Crippen LogP contribution in [0.4, 0.5) is 13.2 Å². The number of rotatable bonds is 2. The molecular weight excluding hydrogens is 181 g/mol. The van der Waals surface area contributed by atoms with Crippen LogP contribution < -0.4 is 0 Å². The highest BCUT2D eigenvalue weighted by atomic mass is 19.4. The maximum absolute atomic E-state index is 12.5. The summed E-state index contributed by atoms with van der Waals surface area (Å²) >= 11 is 0. The van der Waals surface area contributed by atoms with E-state index in [1.165, 1.54) is 20.8 Å². The summed E-state index contributed by atoms with van der Waals surface area (Å²) < 4.78 is 42.2. The lowest BCUT2D eigenvalue weighted by Crippen LogP contribution is -2.43. The minimum absolute atomic E-state index is 0.411. The first-order valence-electron chi connectivity index (χ1n) is 4.27. The van der Waals surface area contributed by atoms with Gasteiger partial charge in [0.15, 0.2) is 6.10 Å². The zero-order valence-corrected chi connectivity index (χ0v) is 8.70. The molecule has 0 aromatic heterocycles. The van der Waals surface area contributed by atoms with Crippen molar-refractivity contribution in [3.63, 3.8) is 0 Å². The molecule has 0 heterocycles. The van der Waals surface area contributed by atoms with Crippen molar-refractivity contribution in [1.29, 1.82) is 0 Å². The Morgan fingerprint density at radius 2 is 1.38 bits per heavy atom. The smallest absolute Gasteiger partial charge is 0.366 e. The summed E-state index contributed by atoms with van der Waals surface area (Å²) in [7, 11) is 0. The topological polar surface area (TPSA) is 9.23 Å². The molecule has 0 radical (unpaired) electrons. The lowest BCUT2D eigenvalue weighted by molar-refractivity contribution is -0.257. The van der Waals surface area contributed by atoms with E-state index in [1.54, 1.807) is 13.8 Å². The number of hydrogen-bond donors (Lipinski definition) is 0. The van der Waals surface area contributed by atoms with Gasteiger partial charge in [0.1, 0.15) is 0 Å². The predicted octanol–water partition coefficient (Wildman–Crippen LogP) is 3.39. The Balaban J connectivity index is 4.58. The summed E-state index contributed by atoms with van der Waals surface area (Å²) in [6.45, 7) is 7.77. The molecule has 0 bridgehead atoms. The molecule has 1 nitrogen and oxygen atoms in total. The van der Waals surface area contributed by atoms with Crippen LogP contribution in [0, 0.1) is 5.41 Å². The van der Waals surface area contributed by atoms with E-state index < -0.39 is 23.8 Å². The van der Waals surface area contributed by atoms with E-state index in [1.807, 2.05) is 0 Å². The fraction of sp³-hybridized carbons (Fsp3) is 1.00. The molecule has 4 heteroatoms. The monoisotopic (exact) mass is 198 g/mol. The van der Waals surface area contributed by atoms with Gasteiger partial charge in [0, 0.05) is 0 Å². The first-order chi connectivity index (χ1) is 5.55. The second kappa shape index (κ2) is 3.86. The van der Waals surface area contributed by atoms with Gasteiger partial charge in [-0.3, -0.25) is 0 Å². The maximum atomic E-state index is 12.5. The summed E-state index contributed by atoms with van der Waals surface area (Å²) in [5, 5.41) is 0. The molecule has 0 aromatic rings. The predicted molar refractivity (Wildman–Crippen MR) is 45.5 cm³/mol. The van der Waals surface area contributed by atoms with E-state index in [4.69, 9.17) is 4.74 Å². The first kappa shape index (κ1) is 12.8. The summed E-state index contributed by atoms with van der Waals surface area (Å²) in [5.41, 5.74) is -0.914. The van der Waals surface area contributed by atoms with Crippen LogP contribution in [0.25, 0.3) is 0 Å². The molecule has 0 aliphatic heterocycles. The van der Waals surface area contributed by atoms with Crippen LogP contribution in [0.3, 0.4) is 0 Å². The number of hydrogen-bond acceptors (Lipinski definition) is 1. The van der Waals surface area contributed by atoms with Gasteiger partial charge in [-0.15, -0.1) is 0 Å². The van der Waals surface area contributed by atoms with Gasteiger partial charge in [-0.05, 0) is 19.3 Å². The van der Waals surface area contributed by atoms with Gasteiger partial charge in [-0.2, -0.15) is 13.2 Å². The van der Waals surface area contributed by atoms with E-state index >= 15 is 0 Å². The van der Waals surface area contributed by atoms with Gasteiger partial charge in [0.2, 0.25) is 0 Å². The minimum atomic E-state index is -4.29. The Bertz CT molecular complexity index is 141. The Morgan fingerprint density at radius 3 is 1.46 bits per heavy atom. The molecule has 0 fully saturated rings. The Morgan fingerprint density at radius 1 is 1.00 bits per heavy atom. The lowest BCUT2D eigenvalue weighted by atomic mass is 9.88. The molecule has 0 unspecified atom stereocenters. The normalized spacial score (nSPS) is 16.4. The van der Waals surface area contributed by atoms with Gasteiger partial charge < -0.3 is 4.74 Å². The molecule has 0 N–H and O–H groups in total. The van der Waals surface area contributed by atoms with E-state index in [0.717, 1.165) is 0 Å². The molecule has 0 aliphatic carbocycles. The standard InChI is InChI=1S/C9H17F3O/c1-6(2)13-7(8(3,4)5)9(10,11)12/h6-7H,1-5H3/t7-/m1/s1. The van der Waals surface area contributed by atoms with Crippen molar-refractivity contribution < 1.29 is 17.9 Å². The van der Waals surface area contributed by atoms with E-state index in [-0.39, 0.29) is 0 Å². The molecule has 0 spiro atoms. The highest BCUT2D eigenvalue weighted by molar-refractivity contribution is 4.81. The Kier molecular flexibility index (Phi) is 3.79. The van der Waals surface area contributed by atoms with Gasteiger partial charge >= 0.3 is 6.18 Å². The van der Waals surface area contributed by atoms with Crippen molar-refractivity contribution in [2.45, 2.75) is 53.0 Å². The van der Waals surface area contributed by atoms with Crippen molar-refractivity contribution in [3.05, 3.63) is 0 Å². The number of ether oxygens (including phenoxy) is 1. The van der Waals surface area contributed by atoms with Gasteiger partial charge in [0.25, 0.3) is 0 Å². The van der Waals surface area contributed by atoms with Crippen molar-refractivity contribution in [2.24, 2.45) is 5.41 Å². The fourth-order valence-electron chi connectivity index (χ4n) is 1.04. The van der Waals surface area contributed by atoms with Crippen LogP contribution in [0.5, 0.6) is 0 Å². The first-order valence-corrected chi connectivity index (χ1v) is 4.27. The quantitative estimate of drug-likeness (QED) is 0.660. The molecule has 0 amide bonds. The molecule has 80 valence electrons. The van der Waals surface area contributed by atoms with Crippen molar-refractivity contribution in [2.75, 3.05) is 0 Å². The second-order valence-corrected chi connectivity index (χ2v) is 4.47. The van der Waals surface area contributed by atoms with Crippen molar-refractivity contribution in [3.8, 4) is 0 Å². The average molecular weight is 198 g/mol. The zero-order valence-electron chi connectivity index (χ0n) is 8.70. The molecule has 0 aliphatic rings. The molecule has 13 heavy (non-hydrogen) atoms. The van der Waals surface area contributed by atoms with E-state index in [2.05, 4.69) is 0 Å². The lowest BCUT2D eigenvalue weighted by Gasteiger charge is -2.33. The Labute approximate surface area is 77.3 Å². The SMILES string of the molecule is CC(C)O[C@H](C(C)(C)C)C(F)(F)F. The van der Waals surface area contributed by atoms with Crippen LogP contribution in [-0.2, 0) is 4.74 Å². The van der Waals surface area contributed by atoms with E-state index in [9.17, 15) is 13.2 Å². The summed E-state index contributed by atoms with van der Waals surface area (Å²) in [6.07, 6.45) is -6.39. The van der Waals surface area contributed by atoms with Gasteiger partial charge in [-0.1, -0.05) is 20.8 Å². The van der Waals surface area contributed by atoms with Gasteiger partial charge in [-0.25, -0.2) is 0 Å². The van der Waals surface area contributed by atoms with Crippen LogP contribution in [-0.4, -0.2) is 18.4 Å². The minimum Gasteiger partial charge on any atom is -0.366 e. The summed E-state index contributed by atoms with van der Waals surface area (Å²) in [4.78, 5) is 0. The van der Waals surface area contributed by atoms with E-state index in [0.29, 0.717) is 0 Å². The molecular formula is C9H17F3O. The largest absolute Gasteiger partial charge is 0.415 e. The number of alkyl halides is 3. The highest BCUT2D eigenvalue weighted by Gasteiger charge is 2.48. The van der Waals surface area contributed by atoms with Crippen LogP contribution in [0.15, 0.2) is 0 Å². The third kappa shape index (κ3) is 4.50. The number of halogens is 3. The molecule has 0 rings (SSSR count). The van der Waals surface area contributed by atoms with Crippen LogP contribution in [0.1, 0.15) is 34.6 Å². The Hall–Kier alpha value is -0.250. The molecule has 0 saturated heterocycles. The van der Waals surface area contributed by atoms with Crippen molar-refractivity contribution >= 4 is 0 Å². The average Bonchev–Trinajstić information content (AvgIpc) is 1.77. The van der Waals surface area contributed by atoms with Crippen LogP contribution in [0.2, 0.25) is 0 Å². The van der Waals surface area contributed by atoms with Gasteiger partial charge in [0.05, 0.1) is 6.10 Å². The zero-order chi connectivity index (χ0) is 10.9. The molecule has 0 aromatic carbocycles. The molecule has 1 atom stereocenters. The summed E-state index contributed by atoms with van der Waals surface area (Å²) in [5.74, 6) is 0. The maximum Gasteiger partial charge on any atom is 0.415 e.